The molecule has 3 aromatic rings. The number of carboxylic acid groups (broad SMARTS) is 1. The number of benzene rings is 2. The van der Waals surface area contributed by atoms with Gasteiger partial charge in [-0.3, -0.25) is 0 Å². The highest BCUT2D eigenvalue weighted by Gasteiger charge is 2.19. The zero-order chi connectivity index (χ0) is 21.0. The maximum atomic E-state index is 12.7. The third kappa shape index (κ3) is 4.63. The lowest BCUT2D eigenvalue weighted by atomic mass is 10.1. The Morgan fingerprint density at radius 2 is 1.86 bits per heavy atom. The van der Waals surface area contributed by atoms with Gasteiger partial charge >= 0.3 is 6.61 Å². The normalized spacial score (nSPS) is 11.7. The zero-order valence-corrected chi connectivity index (χ0v) is 15.5. The zero-order valence-electron chi connectivity index (χ0n) is 15.5. The molecular formula is C20H16F2NO6-. The third-order valence-corrected chi connectivity index (χ3v) is 3.93. The van der Waals surface area contributed by atoms with Crippen LogP contribution < -0.4 is 19.3 Å². The highest BCUT2D eigenvalue weighted by atomic mass is 19.3. The number of carbonyl (C=O) groups excluding carboxylic acids is 1. The second-order valence-electron chi connectivity index (χ2n) is 5.84. The summed E-state index contributed by atoms with van der Waals surface area (Å²) in [5.41, 5.74) is 1.66. The number of hydrogen-bond donors (Lipinski definition) is 0. The summed E-state index contributed by atoms with van der Waals surface area (Å²) in [7, 11) is 2.56. The molecule has 0 aliphatic carbocycles. The molecule has 0 spiro atoms. The van der Waals surface area contributed by atoms with Crippen molar-refractivity contribution >= 4 is 28.7 Å². The van der Waals surface area contributed by atoms with E-state index in [0.29, 0.717) is 16.7 Å². The van der Waals surface area contributed by atoms with Crippen molar-refractivity contribution in [2.75, 3.05) is 14.2 Å². The SMILES string of the molecule is COc1cc(/C=C(\CC(=O)[O-])c2nc3ccccc3o2)cc(OC)c1OC(F)F. The predicted molar refractivity (Wildman–Crippen MR) is 97.7 cm³/mol. The van der Waals surface area contributed by atoms with Gasteiger partial charge in [0.1, 0.15) is 5.52 Å². The minimum atomic E-state index is -3.08. The molecule has 0 amide bonds. The number of ether oxygens (including phenoxy) is 3. The van der Waals surface area contributed by atoms with Crippen molar-refractivity contribution in [1.82, 2.24) is 4.98 Å². The summed E-state index contributed by atoms with van der Waals surface area (Å²) in [6.45, 7) is -3.08. The van der Waals surface area contributed by atoms with E-state index in [0.717, 1.165) is 0 Å². The van der Waals surface area contributed by atoms with Gasteiger partial charge in [0.25, 0.3) is 0 Å². The summed E-state index contributed by atoms with van der Waals surface area (Å²) in [6, 6.07) is 9.76. The van der Waals surface area contributed by atoms with Crippen LogP contribution >= 0.6 is 0 Å². The van der Waals surface area contributed by atoms with Gasteiger partial charge in [0.15, 0.2) is 17.1 Å². The number of carbonyl (C=O) groups is 1. The first-order valence-electron chi connectivity index (χ1n) is 8.38. The lowest BCUT2D eigenvalue weighted by Crippen LogP contribution is -2.22. The second kappa shape index (κ2) is 8.59. The average Bonchev–Trinajstić information content (AvgIpc) is 3.11. The van der Waals surface area contributed by atoms with E-state index in [2.05, 4.69) is 9.72 Å². The van der Waals surface area contributed by atoms with Crippen LogP contribution in [-0.2, 0) is 4.79 Å². The molecule has 0 bridgehead atoms. The van der Waals surface area contributed by atoms with Crippen LogP contribution in [-0.4, -0.2) is 31.8 Å². The summed E-state index contributed by atoms with van der Waals surface area (Å²) in [5.74, 6) is -1.54. The standard InChI is InChI=1S/C20H17F2NO6/c1-26-15-8-11(9-16(27-2)18(15)29-20(21)22)7-12(10-17(24)25)19-23-13-5-3-4-6-14(13)28-19/h3-9,20H,10H2,1-2H3,(H,24,25)/p-1/b12-7+. The third-order valence-electron chi connectivity index (χ3n) is 3.93. The number of fused-ring (bicyclic) bond motifs is 1. The number of nitrogens with zero attached hydrogens (tertiary/aromatic N) is 1. The Morgan fingerprint density at radius 3 is 2.41 bits per heavy atom. The van der Waals surface area contributed by atoms with Gasteiger partial charge in [0.05, 0.1) is 14.2 Å². The van der Waals surface area contributed by atoms with E-state index in [1.807, 2.05) is 0 Å². The Hall–Kier alpha value is -3.62. The van der Waals surface area contributed by atoms with E-state index >= 15 is 0 Å². The second-order valence-corrected chi connectivity index (χ2v) is 5.84. The first kappa shape index (κ1) is 20.1. The Labute approximate surface area is 164 Å². The molecule has 0 unspecified atom stereocenters. The lowest BCUT2D eigenvalue weighted by molar-refractivity contribution is -0.304. The van der Waals surface area contributed by atoms with Crippen LogP contribution in [0.5, 0.6) is 17.2 Å². The van der Waals surface area contributed by atoms with Crippen molar-refractivity contribution < 1.29 is 37.3 Å². The van der Waals surface area contributed by atoms with Gasteiger partial charge in [0, 0.05) is 18.0 Å². The number of methoxy groups -OCH3 is 2. The van der Waals surface area contributed by atoms with Crippen LogP contribution in [0.3, 0.4) is 0 Å². The maximum Gasteiger partial charge on any atom is 0.387 e. The quantitative estimate of drug-likeness (QED) is 0.569. The number of alkyl halides is 2. The summed E-state index contributed by atoms with van der Waals surface area (Å²) in [4.78, 5) is 15.5. The molecule has 0 aliphatic heterocycles. The number of aliphatic carboxylic acids is 1. The molecule has 0 N–H and O–H groups in total. The fourth-order valence-electron chi connectivity index (χ4n) is 2.74. The molecule has 0 atom stereocenters. The molecule has 0 aliphatic rings. The van der Waals surface area contributed by atoms with Gasteiger partial charge < -0.3 is 28.5 Å². The monoisotopic (exact) mass is 404 g/mol. The van der Waals surface area contributed by atoms with Gasteiger partial charge in [-0.1, -0.05) is 12.1 Å². The predicted octanol–water partition coefficient (Wildman–Crippen LogP) is 3.13. The number of aromatic nitrogens is 1. The van der Waals surface area contributed by atoms with Crippen LogP contribution in [0, 0.1) is 0 Å². The number of para-hydroxylation sites is 2. The number of halogens is 2. The van der Waals surface area contributed by atoms with E-state index < -0.39 is 19.0 Å². The molecule has 9 heteroatoms. The van der Waals surface area contributed by atoms with Gasteiger partial charge in [-0.2, -0.15) is 8.78 Å². The highest BCUT2D eigenvalue weighted by molar-refractivity contribution is 5.90. The van der Waals surface area contributed by atoms with E-state index in [4.69, 9.17) is 13.9 Å². The van der Waals surface area contributed by atoms with Crippen molar-refractivity contribution in [2.45, 2.75) is 13.0 Å². The molecule has 0 saturated carbocycles. The minimum absolute atomic E-state index is 0.0127. The van der Waals surface area contributed by atoms with Crippen LogP contribution in [0.25, 0.3) is 22.7 Å². The molecule has 7 nitrogen and oxygen atoms in total. The molecule has 2 aromatic carbocycles. The molecule has 0 radical (unpaired) electrons. The van der Waals surface area contributed by atoms with E-state index in [-0.39, 0.29) is 28.7 Å². The topological polar surface area (TPSA) is 93.9 Å². The Balaban J connectivity index is 2.10. The van der Waals surface area contributed by atoms with Crippen LogP contribution in [0.4, 0.5) is 8.78 Å². The van der Waals surface area contributed by atoms with Gasteiger partial charge in [-0.25, -0.2) is 4.98 Å². The van der Waals surface area contributed by atoms with E-state index in [1.165, 1.54) is 32.4 Å². The van der Waals surface area contributed by atoms with Crippen molar-refractivity contribution in [2.24, 2.45) is 0 Å². The first-order chi connectivity index (χ1) is 13.9. The summed E-state index contributed by atoms with van der Waals surface area (Å²) < 4.78 is 45.7. The van der Waals surface area contributed by atoms with Crippen LogP contribution in [0.2, 0.25) is 0 Å². The number of hydrogen-bond acceptors (Lipinski definition) is 7. The maximum absolute atomic E-state index is 12.7. The van der Waals surface area contributed by atoms with Crippen LogP contribution in [0.15, 0.2) is 40.8 Å². The Bertz CT molecular complexity index is 1000. The van der Waals surface area contributed by atoms with Crippen molar-refractivity contribution in [3.8, 4) is 17.2 Å². The lowest BCUT2D eigenvalue weighted by Gasteiger charge is -2.15. The smallest absolute Gasteiger partial charge is 0.387 e. The largest absolute Gasteiger partial charge is 0.550 e. The molecule has 152 valence electrons. The molecular weight excluding hydrogens is 388 g/mol. The Kier molecular flexibility index (Phi) is 5.96. The minimum Gasteiger partial charge on any atom is -0.550 e. The van der Waals surface area contributed by atoms with E-state index in [1.54, 1.807) is 24.3 Å². The van der Waals surface area contributed by atoms with E-state index in [9.17, 15) is 18.7 Å². The number of rotatable bonds is 8. The molecule has 3 rings (SSSR count). The molecule has 0 saturated heterocycles. The van der Waals surface area contributed by atoms with Crippen molar-refractivity contribution in [3.05, 3.63) is 47.9 Å². The molecule has 0 fully saturated rings. The summed E-state index contributed by atoms with van der Waals surface area (Å²) >= 11 is 0. The Morgan fingerprint density at radius 1 is 1.21 bits per heavy atom. The number of carboxylic acids is 1. The van der Waals surface area contributed by atoms with Gasteiger partial charge in [0.2, 0.25) is 11.6 Å². The molecule has 29 heavy (non-hydrogen) atoms. The van der Waals surface area contributed by atoms with Crippen molar-refractivity contribution in [1.29, 1.82) is 0 Å². The fraction of sp³-hybridized carbons (Fsp3) is 0.200. The first-order valence-corrected chi connectivity index (χ1v) is 8.38. The number of oxazole rings is 1. The van der Waals surface area contributed by atoms with Gasteiger partial charge in [-0.15, -0.1) is 0 Å². The van der Waals surface area contributed by atoms with Crippen molar-refractivity contribution in [3.63, 3.8) is 0 Å². The molecule has 1 heterocycles. The summed E-state index contributed by atoms with van der Waals surface area (Å²) in [5, 5.41) is 11.2. The van der Waals surface area contributed by atoms with Gasteiger partial charge in [-0.05, 0) is 35.9 Å². The average molecular weight is 404 g/mol. The fourth-order valence-corrected chi connectivity index (χ4v) is 2.74. The summed E-state index contributed by atoms with van der Waals surface area (Å²) in [6.07, 6.45) is 0.991. The van der Waals surface area contributed by atoms with Crippen LogP contribution in [0.1, 0.15) is 17.9 Å². The highest BCUT2D eigenvalue weighted by Crippen LogP contribution is 2.40. The molecule has 1 aromatic heterocycles.